The van der Waals surface area contributed by atoms with Crippen molar-refractivity contribution in [3.8, 4) is 0 Å². The number of likely N-dealkylation sites (N-methyl/N-ethyl adjacent to an activating group) is 1. The van der Waals surface area contributed by atoms with Gasteiger partial charge in [0.25, 0.3) is 0 Å². The molecule has 2 fully saturated rings. The first-order valence-corrected chi connectivity index (χ1v) is 7.26. The lowest BCUT2D eigenvalue weighted by molar-refractivity contribution is -0.0327. The van der Waals surface area contributed by atoms with Crippen molar-refractivity contribution in [3.63, 3.8) is 0 Å². The average molecular weight is 240 g/mol. The van der Waals surface area contributed by atoms with E-state index >= 15 is 0 Å². The van der Waals surface area contributed by atoms with Gasteiger partial charge in [-0.15, -0.1) is 0 Å². The average Bonchev–Trinajstić information content (AvgIpc) is 2.33. The molecule has 3 nitrogen and oxygen atoms in total. The van der Waals surface area contributed by atoms with E-state index in [9.17, 15) is 0 Å². The second-order valence-corrected chi connectivity index (χ2v) is 5.94. The van der Waals surface area contributed by atoms with Gasteiger partial charge < -0.3 is 10.1 Å². The summed E-state index contributed by atoms with van der Waals surface area (Å²) < 4.78 is 5.75. The lowest BCUT2D eigenvalue weighted by Crippen LogP contribution is -2.47. The fraction of sp³-hybridized carbons (Fsp3) is 1.00. The van der Waals surface area contributed by atoms with Gasteiger partial charge in [-0.05, 0) is 31.7 Å². The number of nitrogens with zero attached hydrogens (tertiary/aromatic N) is 1. The molecule has 2 rings (SSSR count). The molecular weight excluding hydrogens is 212 g/mol. The summed E-state index contributed by atoms with van der Waals surface area (Å²) in [6, 6.07) is 0. The zero-order valence-corrected chi connectivity index (χ0v) is 11.5. The zero-order chi connectivity index (χ0) is 12.1. The standard InChI is InChI=1S/C14H28N2O/c1-12-3-5-13(6-4-12)10-16-7-8-17-14(11-16)9-15-2/h12-15H,3-11H2,1-2H3. The van der Waals surface area contributed by atoms with Crippen molar-refractivity contribution in [1.82, 2.24) is 10.2 Å². The van der Waals surface area contributed by atoms with Crippen LogP contribution >= 0.6 is 0 Å². The van der Waals surface area contributed by atoms with Crippen molar-refractivity contribution < 1.29 is 4.74 Å². The molecule has 100 valence electrons. The monoisotopic (exact) mass is 240 g/mol. The van der Waals surface area contributed by atoms with Crippen LogP contribution in [0, 0.1) is 11.8 Å². The largest absolute Gasteiger partial charge is 0.374 e. The van der Waals surface area contributed by atoms with Crippen LogP contribution in [0.3, 0.4) is 0 Å². The molecule has 17 heavy (non-hydrogen) atoms. The highest BCUT2D eigenvalue weighted by atomic mass is 16.5. The van der Waals surface area contributed by atoms with Gasteiger partial charge in [-0.25, -0.2) is 0 Å². The van der Waals surface area contributed by atoms with Gasteiger partial charge in [-0.1, -0.05) is 19.8 Å². The summed E-state index contributed by atoms with van der Waals surface area (Å²) in [6.07, 6.45) is 6.16. The Balaban J connectivity index is 1.71. The molecule has 1 saturated heterocycles. The predicted molar refractivity (Wildman–Crippen MR) is 71.2 cm³/mol. The third-order valence-corrected chi connectivity index (χ3v) is 4.31. The van der Waals surface area contributed by atoms with Crippen molar-refractivity contribution >= 4 is 0 Å². The Bertz CT molecular complexity index is 212. The van der Waals surface area contributed by atoms with Crippen LogP contribution < -0.4 is 5.32 Å². The molecule has 1 aliphatic heterocycles. The summed E-state index contributed by atoms with van der Waals surface area (Å²) in [4.78, 5) is 2.62. The van der Waals surface area contributed by atoms with E-state index in [0.29, 0.717) is 6.10 Å². The number of hydrogen-bond acceptors (Lipinski definition) is 3. The molecule has 3 heteroatoms. The topological polar surface area (TPSA) is 24.5 Å². The second kappa shape index (κ2) is 6.72. The SMILES string of the molecule is CNCC1CN(CC2CCC(C)CC2)CCO1. The van der Waals surface area contributed by atoms with E-state index in [-0.39, 0.29) is 0 Å². The van der Waals surface area contributed by atoms with E-state index in [2.05, 4.69) is 17.1 Å². The van der Waals surface area contributed by atoms with Crippen LogP contribution in [0.2, 0.25) is 0 Å². The quantitative estimate of drug-likeness (QED) is 0.810. The Hall–Kier alpha value is -0.120. The minimum Gasteiger partial charge on any atom is -0.374 e. The molecular formula is C14H28N2O. The van der Waals surface area contributed by atoms with Gasteiger partial charge in [0.2, 0.25) is 0 Å². The lowest BCUT2D eigenvalue weighted by Gasteiger charge is -2.36. The molecule has 0 bridgehead atoms. The second-order valence-electron chi connectivity index (χ2n) is 5.94. The number of rotatable bonds is 4. The molecule has 1 unspecified atom stereocenters. The van der Waals surface area contributed by atoms with Crippen LogP contribution in [0.1, 0.15) is 32.6 Å². The van der Waals surface area contributed by atoms with Gasteiger partial charge >= 0.3 is 0 Å². The maximum Gasteiger partial charge on any atom is 0.0826 e. The molecule has 0 amide bonds. The highest BCUT2D eigenvalue weighted by Crippen LogP contribution is 2.29. The first kappa shape index (κ1) is 13.3. The molecule has 1 saturated carbocycles. The van der Waals surface area contributed by atoms with Crippen molar-refractivity contribution in [1.29, 1.82) is 0 Å². The van der Waals surface area contributed by atoms with Crippen molar-refractivity contribution in [3.05, 3.63) is 0 Å². The number of morpholine rings is 1. The third kappa shape index (κ3) is 4.23. The fourth-order valence-corrected chi connectivity index (χ4v) is 3.17. The Morgan fingerprint density at radius 1 is 1.24 bits per heavy atom. The number of hydrogen-bond donors (Lipinski definition) is 1. The van der Waals surface area contributed by atoms with Crippen LogP contribution in [0.25, 0.3) is 0 Å². The first-order valence-electron chi connectivity index (χ1n) is 7.26. The van der Waals surface area contributed by atoms with Gasteiger partial charge in [0.1, 0.15) is 0 Å². The van der Waals surface area contributed by atoms with E-state index in [1.54, 1.807) is 0 Å². The number of nitrogens with one attached hydrogen (secondary N) is 1. The molecule has 0 aromatic rings. The lowest BCUT2D eigenvalue weighted by atomic mass is 9.83. The maximum absolute atomic E-state index is 5.75. The first-order chi connectivity index (χ1) is 8.28. The normalized spacial score (nSPS) is 36.0. The summed E-state index contributed by atoms with van der Waals surface area (Å²) in [5.74, 6) is 1.91. The van der Waals surface area contributed by atoms with E-state index in [0.717, 1.165) is 38.1 Å². The molecule has 2 aliphatic rings. The Morgan fingerprint density at radius 3 is 2.71 bits per heavy atom. The fourth-order valence-electron chi connectivity index (χ4n) is 3.17. The predicted octanol–water partition coefficient (Wildman–Crippen LogP) is 1.73. The summed E-state index contributed by atoms with van der Waals surface area (Å²) in [5, 5.41) is 3.22. The molecule has 1 aliphatic carbocycles. The Morgan fingerprint density at radius 2 is 2.00 bits per heavy atom. The van der Waals surface area contributed by atoms with Crippen molar-refractivity contribution in [2.24, 2.45) is 11.8 Å². The molecule has 0 aromatic heterocycles. The zero-order valence-electron chi connectivity index (χ0n) is 11.5. The number of ether oxygens (including phenoxy) is 1. The Kier molecular flexibility index (Phi) is 5.26. The molecule has 1 N–H and O–H groups in total. The highest BCUT2D eigenvalue weighted by molar-refractivity contribution is 4.78. The minimum absolute atomic E-state index is 0.399. The molecule has 0 aromatic carbocycles. The highest BCUT2D eigenvalue weighted by Gasteiger charge is 2.24. The van der Waals surface area contributed by atoms with Gasteiger partial charge in [0.05, 0.1) is 12.7 Å². The Labute approximate surface area is 106 Å². The molecule has 0 spiro atoms. The van der Waals surface area contributed by atoms with Gasteiger partial charge in [-0.3, -0.25) is 4.90 Å². The summed E-state index contributed by atoms with van der Waals surface area (Å²) in [6.45, 7) is 7.84. The summed E-state index contributed by atoms with van der Waals surface area (Å²) in [5.41, 5.74) is 0. The smallest absolute Gasteiger partial charge is 0.0826 e. The maximum atomic E-state index is 5.75. The van der Waals surface area contributed by atoms with E-state index in [1.807, 2.05) is 7.05 Å². The minimum atomic E-state index is 0.399. The van der Waals surface area contributed by atoms with Gasteiger partial charge in [0, 0.05) is 26.2 Å². The molecule has 0 radical (unpaired) electrons. The van der Waals surface area contributed by atoms with E-state index < -0.39 is 0 Å². The van der Waals surface area contributed by atoms with Crippen LogP contribution in [-0.2, 0) is 4.74 Å². The molecule has 1 heterocycles. The summed E-state index contributed by atoms with van der Waals surface area (Å²) in [7, 11) is 2.00. The van der Waals surface area contributed by atoms with Crippen molar-refractivity contribution in [2.75, 3.05) is 39.8 Å². The van der Waals surface area contributed by atoms with Crippen LogP contribution in [0.15, 0.2) is 0 Å². The van der Waals surface area contributed by atoms with Gasteiger partial charge in [-0.2, -0.15) is 0 Å². The van der Waals surface area contributed by atoms with Gasteiger partial charge in [0.15, 0.2) is 0 Å². The van der Waals surface area contributed by atoms with E-state index in [1.165, 1.54) is 32.2 Å². The van der Waals surface area contributed by atoms with Crippen molar-refractivity contribution in [2.45, 2.75) is 38.7 Å². The summed E-state index contributed by atoms with van der Waals surface area (Å²) >= 11 is 0. The third-order valence-electron chi connectivity index (χ3n) is 4.31. The van der Waals surface area contributed by atoms with E-state index in [4.69, 9.17) is 4.74 Å². The van der Waals surface area contributed by atoms with Crippen LogP contribution in [-0.4, -0.2) is 50.8 Å². The van der Waals surface area contributed by atoms with Crippen LogP contribution in [0.4, 0.5) is 0 Å². The van der Waals surface area contributed by atoms with Crippen LogP contribution in [0.5, 0.6) is 0 Å². The molecule has 1 atom stereocenters.